The van der Waals surface area contributed by atoms with Crippen molar-refractivity contribution in [3.8, 4) is 0 Å². The number of rotatable bonds is 4. The van der Waals surface area contributed by atoms with E-state index in [0.29, 0.717) is 6.61 Å². The molecule has 0 N–H and O–H groups in total. The lowest BCUT2D eigenvalue weighted by Gasteiger charge is -2.00. The first-order chi connectivity index (χ1) is 5.83. The largest absolute Gasteiger partial charge is 0.365 e. The van der Waals surface area contributed by atoms with Crippen LogP contribution in [0.1, 0.15) is 5.56 Å². The van der Waals surface area contributed by atoms with Gasteiger partial charge in [0.2, 0.25) is 0 Å². The summed E-state index contributed by atoms with van der Waals surface area (Å²) in [5.41, 5.74) is 1.17. The highest BCUT2D eigenvalue weighted by Crippen LogP contribution is 2.10. The van der Waals surface area contributed by atoms with E-state index in [0.717, 1.165) is 11.4 Å². The van der Waals surface area contributed by atoms with E-state index in [2.05, 4.69) is 0 Å². The lowest BCUT2D eigenvalue weighted by atomic mass is 10.2. The maximum absolute atomic E-state index is 5.79. The van der Waals surface area contributed by atoms with Gasteiger partial charge in [0.15, 0.2) is 0 Å². The van der Waals surface area contributed by atoms with Gasteiger partial charge in [-0.2, -0.15) is 0 Å². The predicted octanol–water partition coefficient (Wildman–Crippen LogP) is 3.10. The Morgan fingerprint density at radius 2 is 2.17 bits per heavy atom. The van der Waals surface area contributed by atoms with Crippen LogP contribution in [0, 0.1) is 0 Å². The monoisotopic (exact) mass is 204 g/mol. The second kappa shape index (κ2) is 5.41. The quantitative estimate of drug-likeness (QED) is 0.542. The summed E-state index contributed by atoms with van der Waals surface area (Å²) in [5.74, 6) is 0. The Morgan fingerprint density at radius 3 is 2.83 bits per heavy atom. The highest BCUT2D eigenvalue weighted by molar-refractivity contribution is 6.30. The van der Waals surface area contributed by atoms with Crippen molar-refractivity contribution in [2.45, 2.75) is 6.42 Å². The number of hydrogen-bond acceptors (Lipinski definition) is 1. The first kappa shape index (κ1) is 9.85. The summed E-state index contributed by atoms with van der Waals surface area (Å²) >= 11 is 11.1. The van der Waals surface area contributed by atoms with Gasteiger partial charge in [0.05, 0.1) is 6.61 Å². The van der Waals surface area contributed by atoms with Gasteiger partial charge >= 0.3 is 0 Å². The summed E-state index contributed by atoms with van der Waals surface area (Å²) in [6, 6.07) is 7.98. The van der Waals surface area contributed by atoms with E-state index in [9.17, 15) is 0 Å². The van der Waals surface area contributed by atoms with E-state index >= 15 is 0 Å². The minimum Gasteiger partial charge on any atom is -0.365 e. The fourth-order valence-electron chi connectivity index (χ4n) is 0.937. The molecule has 0 atom stereocenters. The maximum atomic E-state index is 5.79. The topological polar surface area (TPSA) is 9.23 Å². The summed E-state index contributed by atoms with van der Waals surface area (Å²) in [6.07, 6.45) is 0.854. The van der Waals surface area contributed by atoms with Crippen molar-refractivity contribution in [1.29, 1.82) is 0 Å². The van der Waals surface area contributed by atoms with Crippen LogP contribution in [0.15, 0.2) is 24.3 Å². The second-order valence-corrected chi connectivity index (χ2v) is 3.05. The van der Waals surface area contributed by atoms with Gasteiger partial charge in [-0.1, -0.05) is 35.3 Å². The van der Waals surface area contributed by atoms with Gasteiger partial charge in [0.25, 0.3) is 0 Å². The van der Waals surface area contributed by atoms with Crippen LogP contribution in [0.4, 0.5) is 0 Å². The Balaban J connectivity index is 2.41. The molecular formula is C9H10Cl2O. The normalized spacial score (nSPS) is 10.2. The van der Waals surface area contributed by atoms with Gasteiger partial charge in [-0.05, 0) is 24.1 Å². The van der Waals surface area contributed by atoms with E-state index < -0.39 is 0 Å². The molecule has 66 valence electrons. The van der Waals surface area contributed by atoms with E-state index in [4.69, 9.17) is 27.9 Å². The smallest absolute Gasteiger partial charge is 0.120 e. The molecule has 0 aliphatic carbocycles. The van der Waals surface area contributed by atoms with Crippen LogP contribution in [0.2, 0.25) is 5.02 Å². The Morgan fingerprint density at radius 1 is 1.33 bits per heavy atom. The third kappa shape index (κ3) is 3.44. The SMILES string of the molecule is ClCOCCc1cccc(Cl)c1. The Bertz CT molecular complexity index is 238. The highest BCUT2D eigenvalue weighted by Gasteiger charge is 1.93. The molecule has 0 radical (unpaired) electrons. The van der Waals surface area contributed by atoms with Crippen molar-refractivity contribution in [2.24, 2.45) is 0 Å². The number of ether oxygens (including phenoxy) is 1. The molecular weight excluding hydrogens is 195 g/mol. The molecule has 0 aliphatic heterocycles. The molecule has 1 nitrogen and oxygen atoms in total. The van der Waals surface area contributed by atoms with Gasteiger partial charge in [0.1, 0.15) is 6.07 Å². The second-order valence-electron chi connectivity index (χ2n) is 2.40. The molecule has 0 spiro atoms. The summed E-state index contributed by atoms with van der Waals surface area (Å²) in [5, 5.41) is 0.762. The summed E-state index contributed by atoms with van der Waals surface area (Å²) in [6.45, 7) is 0.643. The van der Waals surface area contributed by atoms with Crippen molar-refractivity contribution in [2.75, 3.05) is 12.7 Å². The molecule has 1 aromatic carbocycles. The van der Waals surface area contributed by atoms with Gasteiger partial charge in [-0.3, -0.25) is 0 Å². The van der Waals surface area contributed by atoms with Crippen LogP contribution in [-0.2, 0) is 11.2 Å². The molecule has 1 rings (SSSR count). The first-order valence-corrected chi connectivity index (χ1v) is 4.62. The summed E-state index contributed by atoms with van der Waals surface area (Å²) in [7, 11) is 0. The molecule has 0 bridgehead atoms. The number of alkyl halides is 1. The molecule has 0 heterocycles. The average molecular weight is 205 g/mol. The zero-order valence-electron chi connectivity index (χ0n) is 6.59. The lowest BCUT2D eigenvalue weighted by molar-refractivity contribution is 0.183. The van der Waals surface area contributed by atoms with Crippen molar-refractivity contribution in [3.63, 3.8) is 0 Å². The van der Waals surface area contributed by atoms with E-state index in [1.54, 1.807) is 0 Å². The van der Waals surface area contributed by atoms with Gasteiger partial charge in [0, 0.05) is 5.02 Å². The van der Waals surface area contributed by atoms with Crippen molar-refractivity contribution >= 4 is 23.2 Å². The minimum atomic E-state index is 0.251. The molecule has 0 saturated heterocycles. The van der Waals surface area contributed by atoms with Crippen LogP contribution >= 0.6 is 23.2 Å². The first-order valence-electron chi connectivity index (χ1n) is 3.71. The van der Waals surface area contributed by atoms with Crippen molar-refractivity contribution < 1.29 is 4.74 Å². The Kier molecular flexibility index (Phi) is 4.44. The molecule has 0 saturated carbocycles. The van der Waals surface area contributed by atoms with Crippen molar-refractivity contribution in [1.82, 2.24) is 0 Å². The Labute approximate surface area is 82.2 Å². The third-order valence-electron chi connectivity index (χ3n) is 1.50. The molecule has 3 heteroatoms. The molecule has 0 amide bonds. The lowest BCUT2D eigenvalue weighted by Crippen LogP contribution is -1.96. The molecule has 0 aliphatic rings. The number of benzene rings is 1. The Hall–Kier alpha value is -0.240. The predicted molar refractivity (Wildman–Crippen MR) is 51.8 cm³/mol. The molecule has 1 aromatic rings. The van der Waals surface area contributed by atoms with E-state index in [1.807, 2.05) is 24.3 Å². The third-order valence-corrected chi connectivity index (χ3v) is 1.89. The number of halogens is 2. The molecule has 0 fully saturated rings. The summed E-state index contributed by atoms with van der Waals surface area (Å²) < 4.78 is 5.00. The van der Waals surface area contributed by atoms with Crippen LogP contribution in [0.3, 0.4) is 0 Å². The van der Waals surface area contributed by atoms with E-state index in [1.165, 1.54) is 5.56 Å². The molecule has 0 aromatic heterocycles. The van der Waals surface area contributed by atoms with Crippen molar-refractivity contribution in [3.05, 3.63) is 34.9 Å². The average Bonchev–Trinajstić information content (AvgIpc) is 2.05. The van der Waals surface area contributed by atoms with Crippen LogP contribution in [-0.4, -0.2) is 12.7 Å². The van der Waals surface area contributed by atoms with Crippen LogP contribution in [0.5, 0.6) is 0 Å². The van der Waals surface area contributed by atoms with Gasteiger partial charge in [-0.15, -0.1) is 0 Å². The van der Waals surface area contributed by atoms with Gasteiger partial charge in [-0.25, -0.2) is 0 Å². The maximum Gasteiger partial charge on any atom is 0.120 e. The van der Waals surface area contributed by atoms with E-state index in [-0.39, 0.29) is 6.07 Å². The van der Waals surface area contributed by atoms with Crippen LogP contribution in [0.25, 0.3) is 0 Å². The standard InChI is InChI=1S/C9H10Cl2O/c10-7-12-5-4-8-2-1-3-9(11)6-8/h1-3,6H,4-5,7H2. The zero-order valence-corrected chi connectivity index (χ0v) is 8.11. The van der Waals surface area contributed by atoms with Crippen LogP contribution < -0.4 is 0 Å². The fraction of sp³-hybridized carbons (Fsp3) is 0.333. The highest BCUT2D eigenvalue weighted by atomic mass is 35.5. The molecule has 12 heavy (non-hydrogen) atoms. The number of hydrogen-bond donors (Lipinski definition) is 0. The fourth-order valence-corrected chi connectivity index (χ4v) is 1.26. The molecule has 0 unspecified atom stereocenters. The zero-order chi connectivity index (χ0) is 8.81. The summed E-state index contributed by atoms with van der Waals surface area (Å²) in [4.78, 5) is 0. The minimum absolute atomic E-state index is 0.251. The van der Waals surface area contributed by atoms with Gasteiger partial charge < -0.3 is 4.74 Å².